The predicted octanol–water partition coefficient (Wildman–Crippen LogP) is 13.3. The second kappa shape index (κ2) is 10.5. The van der Waals surface area contributed by atoms with Gasteiger partial charge in [0.1, 0.15) is 0 Å². The Balaban J connectivity index is 1.19. The molecule has 0 unspecified atom stereocenters. The molecule has 0 saturated heterocycles. The molecule has 0 fully saturated rings. The van der Waals surface area contributed by atoms with E-state index in [2.05, 4.69) is 190 Å². The number of aromatic nitrogens is 3. The summed E-state index contributed by atoms with van der Waals surface area (Å²) < 4.78 is 9.99. The number of para-hydroxylation sites is 4. The molecule has 0 N–H and O–H groups in total. The Kier molecular flexibility index (Phi) is 5.65. The van der Waals surface area contributed by atoms with Crippen LogP contribution in [-0.4, -0.2) is 13.7 Å². The van der Waals surface area contributed by atoms with E-state index in [0.717, 1.165) is 17.1 Å². The van der Waals surface area contributed by atoms with Gasteiger partial charge in [0, 0.05) is 69.6 Å². The standard InChI is InChI=1S/C48H29N3S/c1-6-19-40-33(14-1)34-15-2-7-20-41(34)49(40)30-12-11-13-31(28-30)51-44-27-26-38-37-18-5-10-23-46(37)52-48(38)47(44)39-25-24-32(29-45(39)51)50-42-21-8-3-16-35(42)36-17-4-9-22-43(36)50/h1-29H. The lowest BCUT2D eigenvalue weighted by Crippen LogP contribution is -1.99. The molecule has 0 aliphatic rings. The number of benzene rings is 8. The lowest BCUT2D eigenvalue weighted by molar-refractivity contribution is 1.13. The van der Waals surface area contributed by atoms with Gasteiger partial charge in [0.25, 0.3) is 0 Å². The van der Waals surface area contributed by atoms with Crippen molar-refractivity contribution in [1.29, 1.82) is 0 Å². The maximum atomic E-state index is 2.49. The highest BCUT2D eigenvalue weighted by molar-refractivity contribution is 7.26. The summed E-state index contributed by atoms with van der Waals surface area (Å²) in [7, 11) is 0. The second-order valence-corrected chi connectivity index (χ2v) is 14.8. The van der Waals surface area contributed by atoms with Crippen molar-refractivity contribution in [3.8, 4) is 17.1 Å². The van der Waals surface area contributed by atoms with Crippen molar-refractivity contribution in [3.63, 3.8) is 0 Å². The van der Waals surface area contributed by atoms with Gasteiger partial charge in [-0.3, -0.25) is 0 Å². The van der Waals surface area contributed by atoms with Gasteiger partial charge in [-0.15, -0.1) is 11.3 Å². The van der Waals surface area contributed by atoms with Gasteiger partial charge in [-0.2, -0.15) is 0 Å². The maximum Gasteiger partial charge on any atom is 0.0562 e. The molecule has 4 aromatic heterocycles. The fourth-order valence-electron chi connectivity index (χ4n) is 8.86. The van der Waals surface area contributed by atoms with Crippen molar-refractivity contribution < 1.29 is 0 Å². The molecule has 4 heterocycles. The first-order chi connectivity index (χ1) is 25.8. The van der Waals surface area contributed by atoms with E-state index in [1.54, 1.807) is 0 Å². The average molecular weight is 680 g/mol. The zero-order valence-electron chi connectivity index (χ0n) is 28.0. The van der Waals surface area contributed by atoms with Crippen molar-refractivity contribution in [2.24, 2.45) is 0 Å². The van der Waals surface area contributed by atoms with E-state index >= 15 is 0 Å². The molecule has 0 aliphatic heterocycles. The molecule has 12 rings (SSSR count). The van der Waals surface area contributed by atoms with Gasteiger partial charge in [-0.25, -0.2) is 0 Å². The summed E-state index contributed by atoms with van der Waals surface area (Å²) in [6, 6.07) is 64.6. The number of hydrogen-bond donors (Lipinski definition) is 0. The summed E-state index contributed by atoms with van der Waals surface area (Å²) in [5.41, 5.74) is 10.7. The molecule has 242 valence electrons. The van der Waals surface area contributed by atoms with Crippen molar-refractivity contribution in [3.05, 3.63) is 176 Å². The molecule has 8 aromatic carbocycles. The van der Waals surface area contributed by atoms with Gasteiger partial charge in [-0.1, -0.05) is 109 Å². The SMILES string of the molecule is c1cc(-n2c3ccccc3c3ccccc32)cc(-n2c3cc(-n4c5ccccc5c5ccccc54)ccc3c3c4sc5ccccc5c4ccc32)c1. The summed E-state index contributed by atoms with van der Waals surface area (Å²) in [4.78, 5) is 0. The Morgan fingerprint density at radius 3 is 1.33 bits per heavy atom. The molecule has 3 nitrogen and oxygen atoms in total. The minimum atomic E-state index is 1.14. The predicted molar refractivity (Wildman–Crippen MR) is 222 cm³/mol. The van der Waals surface area contributed by atoms with Gasteiger partial charge >= 0.3 is 0 Å². The molecule has 0 aliphatic carbocycles. The zero-order chi connectivity index (χ0) is 33.9. The number of rotatable bonds is 3. The van der Waals surface area contributed by atoms with Gasteiger partial charge in [0.05, 0.1) is 33.1 Å². The highest BCUT2D eigenvalue weighted by Gasteiger charge is 2.20. The Hall–Kier alpha value is -6.62. The first-order valence-electron chi connectivity index (χ1n) is 17.8. The van der Waals surface area contributed by atoms with E-state index < -0.39 is 0 Å². The highest BCUT2D eigenvalue weighted by atomic mass is 32.1. The first-order valence-corrected chi connectivity index (χ1v) is 18.6. The average Bonchev–Trinajstić information content (AvgIpc) is 3.94. The molecule has 0 spiro atoms. The summed E-state index contributed by atoms with van der Waals surface area (Å²) in [6.07, 6.45) is 0. The van der Waals surface area contributed by atoms with Crippen LogP contribution in [0.25, 0.3) is 103 Å². The summed E-state index contributed by atoms with van der Waals surface area (Å²) in [6.45, 7) is 0. The topological polar surface area (TPSA) is 14.8 Å². The largest absolute Gasteiger partial charge is 0.309 e. The Morgan fingerprint density at radius 2 is 0.750 bits per heavy atom. The minimum absolute atomic E-state index is 1.14. The Bertz CT molecular complexity index is 3320. The van der Waals surface area contributed by atoms with Crippen LogP contribution < -0.4 is 0 Å². The monoisotopic (exact) mass is 679 g/mol. The number of thiophene rings is 1. The number of fused-ring (bicyclic) bond motifs is 13. The molecule has 0 radical (unpaired) electrons. The Morgan fingerprint density at radius 1 is 0.288 bits per heavy atom. The molecule has 52 heavy (non-hydrogen) atoms. The first kappa shape index (κ1) is 28.1. The van der Waals surface area contributed by atoms with Crippen LogP contribution in [0.3, 0.4) is 0 Å². The van der Waals surface area contributed by atoms with Gasteiger partial charge in [0.15, 0.2) is 0 Å². The molecule has 12 aromatic rings. The molecule has 0 bridgehead atoms. The third-order valence-electron chi connectivity index (χ3n) is 11.0. The molecule has 4 heteroatoms. The quantitative estimate of drug-likeness (QED) is 0.177. The third-order valence-corrected chi connectivity index (χ3v) is 12.2. The van der Waals surface area contributed by atoms with Crippen molar-refractivity contribution in [2.75, 3.05) is 0 Å². The van der Waals surface area contributed by atoms with E-state index in [4.69, 9.17) is 0 Å². The van der Waals surface area contributed by atoms with Crippen LogP contribution >= 0.6 is 11.3 Å². The summed E-state index contributed by atoms with van der Waals surface area (Å²) in [5.74, 6) is 0. The summed E-state index contributed by atoms with van der Waals surface area (Å²) >= 11 is 1.90. The number of nitrogens with zero attached hydrogens (tertiary/aromatic N) is 3. The van der Waals surface area contributed by atoms with E-state index in [-0.39, 0.29) is 0 Å². The van der Waals surface area contributed by atoms with Crippen LogP contribution in [0.1, 0.15) is 0 Å². The van der Waals surface area contributed by atoms with Gasteiger partial charge < -0.3 is 13.7 Å². The summed E-state index contributed by atoms with van der Waals surface area (Å²) in [5, 5.41) is 10.3. The van der Waals surface area contributed by atoms with E-state index in [9.17, 15) is 0 Å². The fraction of sp³-hybridized carbons (Fsp3) is 0. The normalized spacial score (nSPS) is 12.2. The number of hydrogen-bond acceptors (Lipinski definition) is 1. The maximum absolute atomic E-state index is 2.49. The van der Waals surface area contributed by atoms with E-state index in [0.29, 0.717) is 0 Å². The van der Waals surface area contributed by atoms with Gasteiger partial charge in [-0.05, 0) is 66.7 Å². The van der Waals surface area contributed by atoms with E-state index in [1.807, 2.05) is 11.3 Å². The van der Waals surface area contributed by atoms with Crippen LogP contribution in [0.15, 0.2) is 176 Å². The molecular weight excluding hydrogens is 651 g/mol. The highest BCUT2D eigenvalue weighted by Crippen LogP contribution is 2.44. The fourth-order valence-corrected chi connectivity index (χ4v) is 10.1. The van der Waals surface area contributed by atoms with Crippen LogP contribution in [0.5, 0.6) is 0 Å². The van der Waals surface area contributed by atoms with Crippen LogP contribution in [0.2, 0.25) is 0 Å². The zero-order valence-corrected chi connectivity index (χ0v) is 28.8. The third kappa shape index (κ3) is 3.74. The second-order valence-electron chi connectivity index (χ2n) is 13.7. The van der Waals surface area contributed by atoms with Gasteiger partial charge in [0.2, 0.25) is 0 Å². The minimum Gasteiger partial charge on any atom is -0.309 e. The van der Waals surface area contributed by atoms with Crippen LogP contribution in [0.4, 0.5) is 0 Å². The molecule has 0 saturated carbocycles. The lowest BCUT2D eigenvalue weighted by atomic mass is 10.1. The Labute approximate surface area is 302 Å². The van der Waals surface area contributed by atoms with Crippen molar-refractivity contribution in [2.45, 2.75) is 0 Å². The van der Waals surface area contributed by atoms with Crippen molar-refractivity contribution in [1.82, 2.24) is 13.7 Å². The van der Waals surface area contributed by atoms with Crippen molar-refractivity contribution >= 4 is 96.9 Å². The van der Waals surface area contributed by atoms with Crippen LogP contribution in [-0.2, 0) is 0 Å². The van der Waals surface area contributed by atoms with Crippen LogP contribution in [0, 0.1) is 0 Å². The molecule has 0 atom stereocenters. The van der Waals surface area contributed by atoms with E-state index in [1.165, 1.54) is 85.6 Å². The molecular formula is C48H29N3S. The smallest absolute Gasteiger partial charge is 0.0562 e. The molecule has 0 amide bonds. The lowest BCUT2D eigenvalue weighted by Gasteiger charge is -2.14.